The van der Waals surface area contributed by atoms with Crippen LogP contribution in [0.4, 0.5) is 0 Å². The van der Waals surface area contributed by atoms with Gasteiger partial charge in [-0.15, -0.1) is 0 Å². The van der Waals surface area contributed by atoms with Gasteiger partial charge in [-0.1, -0.05) is 54.6 Å². The Bertz CT molecular complexity index is 771. The molecular weight excluding hydrogens is 330 g/mol. The molecule has 2 rings (SSSR count). The summed E-state index contributed by atoms with van der Waals surface area (Å²) in [5.74, 6) is -1.11. The predicted molar refractivity (Wildman–Crippen MR) is 98.6 cm³/mol. The van der Waals surface area contributed by atoms with Gasteiger partial charge >= 0.3 is 5.97 Å². The van der Waals surface area contributed by atoms with Crippen LogP contribution in [-0.4, -0.2) is 30.3 Å². The third-order valence-corrected chi connectivity index (χ3v) is 4.07. The Morgan fingerprint density at radius 3 is 2.31 bits per heavy atom. The Morgan fingerprint density at radius 2 is 1.65 bits per heavy atom. The van der Waals surface area contributed by atoms with Crippen LogP contribution in [0.3, 0.4) is 0 Å². The van der Waals surface area contributed by atoms with Crippen molar-refractivity contribution in [1.82, 2.24) is 5.32 Å². The first-order chi connectivity index (χ1) is 12.5. The van der Waals surface area contributed by atoms with Gasteiger partial charge in [0.1, 0.15) is 0 Å². The summed E-state index contributed by atoms with van der Waals surface area (Å²) in [5, 5.41) is 2.63. The molecule has 26 heavy (non-hydrogen) atoms. The third kappa shape index (κ3) is 6.16. The van der Waals surface area contributed by atoms with Crippen LogP contribution >= 0.6 is 0 Å². The summed E-state index contributed by atoms with van der Waals surface area (Å²) in [4.78, 5) is 35.7. The molecule has 5 heteroatoms. The maximum atomic E-state index is 12.0. The fourth-order valence-corrected chi connectivity index (χ4v) is 2.54. The van der Waals surface area contributed by atoms with Crippen molar-refractivity contribution in [3.05, 3.63) is 71.3 Å². The lowest BCUT2D eigenvalue weighted by Crippen LogP contribution is -2.43. The molecule has 0 aliphatic carbocycles. The Morgan fingerprint density at radius 1 is 1.00 bits per heavy atom. The van der Waals surface area contributed by atoms with E-state index in [4.69, 9.17) is 4.74 Å². The molecule has 0 bridgehead atoms. The lowest BCUT2D eigenvalue weighted by atomic mass is 10.0. The van der Waals surface area contributed by atoms with Crippen LogP contribution in [0, 0.1) is 6.92 Å². The summed E-state index contributed by atoms with van der Waals surface area (Å²) in [6.45, 7) is 2.94. The molecule has 1 unspecified atom stereocenters. The van der Waals surface area contributed by atoms with E-state index in [1.54, 1.807) is 0 Å². The molecule has 0 radical (unpaired) electrons. The van der Waals surface area contributed by atoms with Gasteiger partial charge in [0.15, 0.2) is 12.4 Å². The van der Waals surface area contributed by atoms with Crippen LogP contribution in [0.25, 0.3) is 0 Å². The van der Waals surface area contributed by atoms with E-state index in [-0.39, 0.29) is 12.2 Å². The molecule has 2 aromatic carbocycles. The van der Waals surface area contributed by atoms with Crippen LogP contribution in [0.5, 0.6) is 0 Å². The first-order valence-electron chi connectivity index (χ1n) is 8.49. The zero-order valence-corrected chi connectivity index (χ0v) is 15.0. The van der Waals surface area contributed by atoms with E-state index in [1.165, 1.54) is 6.92 Å². The Kier molecular flexibility index (Phi) is 7.09. The van der Waals surface area contributed by atoms with E-state index in [0.29, 0.717) is 6.42 Å². The summed E-state index contributed by atoms with van der Waals surface area (Å²) in [7, 11) is 0. The number of hydrogen-bond donors (Lipinski definition) is 1. The second-order valence-electron chi connectivity index (χ2n) is 6.18. The highest BCUT2D eigenvalue weighted by atomic mass is 16.5. The molecule has 5 nitrogen and oxygen atoms in total. The number of aryl methyl sites for hydroxylation is 1. The molecule has 0 aromatic heterocycles. The topological polar surface area (TPSA) is 72.5 Å². The van der Waals surface area contributed by atoms with Gasteiger partial charge in [0.2, 0.25) is 0 Å². The van der Waals surface area contributed by atoms with Gasteiger partial charge in [-0.05, 0) is 37.0 Å². The lowest BCUT2D eigenvalue weighted by molar-refractivity contribution is -0.148. The van der Waals surface area contributed by atoms with Crippen LogP contribution in [0.15, 0.2) is 54.6 Å². The number of nitrogens with one attached hydrogen (secondary N) is 1. The van der Waals surface area contributed by atoms with Crippen molar-refractivity contribution in [2.75, 3.05) is 6.61 Å². The number of benzene rings is 2. The molecule has 0 saturated heterocycles. The Balaban J connectivity index is 1.83. The van der Waals surface area contributed by atoms with Gasteiger partial charge in [0.05, 0.1) is 12.5 Å². The van der Waals surface area contributed by atoms with Gasteiger partial charge < -0.3 is 10.1 Å². The highest BCUT2D eigenvalue weighted by molar-refractivity contribution is 5.89. The number of ketones is 1. The molecule has 0 heterocycles. The van der Waals surface area contributed by atoms with Gasteiger partial charge in [0, 0.05) is 0 Å². The minimum absolute atomic E-state index is 0.111. The monoisotopic (exact) mass is 353 g/mol. The fraction of sp³-hybridized carbons (Fsp3) is 0.286. The van der Waals surface area contributed by atoms with E-state index in [0.717, 1.165) is 16.7 Å². The van der Waals surface area contributed by atoms with Crippen molar-refractivity contribution < 1.29 is 19.1 Å². The Labute approximate surface area is 153 Å². The van der Waals surface area contributed by atoms with E-state index in [1.807, 2.05) is 61.5 Å². The molecule has 2 aromatic rings. The minimum Gasteiger partial charge on any atom is -0.455 e. The lowest BCUT2D eigenvalue weighted by Gasteiger charge is -2.16. The molecule has 0 aliphatic rings. The number of carbonyl (C=O) groups is 3. The van der Waals surface area contributed by atoms with Crippen LogP contribution in [0.1, 0.15) is 23.6 Å². The molecule has 1 amide bonds. The minimum atomic E-state index is -0.639. The first-order valence-corrected chi connectivity index (χ1v) is 8.49. The number of ether oxygens (including phenoxy) is 1. The quantitative estimate of drug-likeness (QED) is 0.740. The molecule has 0 saturated carbocycles. The van der Waals surface area contributed by atoms with E-state index in [9.17, 15) is 14.4 Å². The summed E-state index contributed by atoms with van der Waals surface area (Å²) >= 11 is 0. The standard InChI is InChI=1S/C21H23NO4/c1-15-8-6-7-11-18(15)13-21(25)26-14-20(24)22-19(16(2)23)12-17-9-4-3-5-10-17/h3-11,19H,12-14H2,1-2H3,(H,22,24). The average molecular weight is 353 g/mol. The van der Waals surface area contributed by atoms with Crippen molar-refractivity contribution in [1.29, 1.82) is 0 Å². The number of carbonyl (C=O) groups excluding carboxylic acids is 3. The largest absolute Gasteiger partial charge is 0.455 e. The molecule has 0 fully saturated rings. The molecule has 136 valence electrons. The molecular formula is C21H23NO4. The number of rotatable bonds is 8. The van der Waals surface area contributed by atoms with Gasteiger partial charge in [-0.2, -0.15) is 0 Å². The number of amides is 1. The summed E-state index contributed by atoms with van der Waals surface area (Å²) in [5.41, 5.74) is 2.81. The first kappa shape index (κ1) is 19.4. The summed E-state index contributed by atoms with van der Waals surface area (Å²) < 4.78 is 5.03. The van der Waals surface area contributed by atoms with Crippen molar-refractivity contribution in [2.45, 2.75) is 32.7 Å². The number of hydrogen-bond acceptors (Lipinski definition) is 4. The normalized spacial score (nSPS) is 11.5. The second kappa shape index (κ2) is 9.51. The fourth-order valence-electron chi connectivity index (χ4n) is 2.54. The summed E-state index contributed by atoms with van der Waals surface area (Å²) in [6.07, 6.45) is 0.513. The molecule has 0 spiro atoms. The van der Waals surface area contributed by atoms with Crippen molar-refractivity contribution in [3.63, 3.8) is 0 Å². The van der Waals surface area contributed by atoms with Crippen molar-refractivity contribution >= 4 is 17.7 Å². The predicted octanol–water partition coefficient (Wildman–Crippen LogP) is 2.40. The Hall–Kier alpha value is -2.95. The van der Waals surface area contributed by atoms with E-state index in [2.05, 4.69) is 5.32 Å². The highest BCUT2D eigenvalue weighted by Gasteiger charge is 2.18. The number of Topliss-reactive ketones (excluding diaryl/α,β-unsaturated/α-hetero) is 1. The molecule has 1 N–H and O–H groups in total. The second-order valence-corrected chi connectivity index (χ2v) is 6.18. The van der Waals surface area contributed by atoms with E-state index >= 15 is 0 Å². The van der Waals surface area contributed by atoms with E-state index < -0.39 is 24.5 Å². The number of esters is 1. The average Bonchev–Trinajstić information content (AvgIpc) is 2.62. The summed E-state index contributed by atoms with van der Waals surface area (Å²) in [6, 6.07) is 16.3. The maximum absolute atomic E-state index is 12.0. The van der Waals surface area contributed by atoms with Gasteiger partial charge in [0.25, 0.3) is 5.91 Å². The van der Waals surface area contributed by atoms with Crippen LogP contribution in [-0.2, 0) is 32.0 Å². The SMILES string of the molecule is CC(=O)C(Cc1ccccc1)NC(=O)COC(=O)Cc1ccccc1C. The smallest absolute Gasteiger partial charge is 0.310 e. The van der Waals surface area contributed by atoms with Crippen LogP contribution in [0.2, 0.25) is 0 Å². The van der Waals surface area contributed by atoms with Gasteiger partial charge in [-0.25, -0.2) is 0 Å². The van der Waals surface area contributed by atoms with Crippen molar-refractivity contribution in [3.8, 4) is 0 Å². The van der Waals surface area contributed by atoms with Gasteiger partial charge in [-0.3, -0.25) is 14.4 Å². The zero-order chi connectivity index (χ0) is 18.9. The highest BCUT2D eigenvalue weighted by Crippen LogP contribution is 2.08. The molecule has 0 aliphatic heterocycles. The third-order valence-electron chi connectivity index (χ3n) is 4.07. The van der Waals surface area contributed by atoms with Crippen LogP contribution < -0.4 is 5.32 Å². The maximum Gasteiger partial charge on any atom is 0.310 e. The van der Waals surface area contributed by atoms with Crippen molar-refractivity contribution in [2.24, 2.45) is 0 Å². The zero-order valence-electron chi connectivity index (χ0n) is 15.0. The molecule has 1 atom stereocenters.